The Labute approximate surface area is 83.5 Å². The fourth-order valence-corrected chi connectivity index (χ4v) is 0.937. The van der Waals surface area contributed by atoms with Crippen LogP contribution in [-0.4, -0.2) is 52.8 Å². The van der Waals surface area contributed by atoms with Crippen molar-refractivity contribution in [3.63, 3.8) is 0 Å². The lowest BCUT2D eigenvalue weighted by molar-refractivity contribution is -0.192. The van der Waals surface area contributed by atoms with Gasteiger partial charge in [-0.1, -0.05) is 0 Å². The highest BCUT2D eigenvalue weighted by Gasteiger charge is 2.38. The molecule has 0 radical (unpaired) electrons. The van der Waals surface area contributed by atoms with Gasteiger partial charge in [-0.25, -0.2) is 4.79 Å². The van der Waals surface area contributed by atoms with Crippen molar-refractivity contribution in [2.24, 2.45) is 0 Å². The Hall–Kier alpha value is -0.860. The van der Waals surface area contributed by atoms with Crippen molar-refractivity contribution in [1.29, 1.82) is 0 Å². The fraction of sp³-hybridized carbons (Fsp3) is 0.857. The van der Waals surface area contributed by atoms with E-state index in [9.17, 15) is 13.2 Å². The topological polar surface area (TPSA) is 89.8 Å². The maximum absolute atomic E-state index is 10.6. The Bertz CT molecular complexity index is 209. The number of nitrogens with one attached hydrogen (secondary N) is 1. The van der Waals surface area contributed by atoms with Crippen LogP contribution in [0.5, 0.6) is 0 Å². The standard InChI is InChI=1S/C5H11NO2.C2HF3O2/c7-3-4-1-5(8)2-6-4;3-2(4,5)1(6)7/h4-8H,1-3H2;(H,6,7)/t4-,5-;/m1./s1. The molecule has 1 saturated heterocycles. The second kappa shape index (κ2) is 5.89. The van der Waals surface area contributed by atoms with Crippen molar-refractivity contribution >= 4 is 5.97 Å². The van der Waals surface area contributed by atoms with Crippen LogP contribution in [0.15, 0.2) is 0 Å². The summed E-state index contributed by atoms with van der Waals surface area (Å²) in [5.74, 6) is -2.76. The fourth-order valence-electron chi connectivity index (χ4n) is 0.937. The van der Waals surface area contributed by atoms with Crippen molar-refractivity contribution in [3.05, 3.63) is 0 Å². The molecule has 0 bridgehead atoms. The lowest BCUT2D eigenvalue weighted by Gasteiger charge is -2.01. The summed E-state index contributed by atoms with van der Waals surface area (Å²) in [6.45, 7) is 0.766. The zero-order valence-electron chi connectivity index (χ0n) is 7.66. The van der Waals surface area contributed by atoms with Crippen LogP contribution >= 0.6 is 0 Å². The molecule has 4 N–H and O–H groups in total. The quantitative estimate of drug-likeness (QED) is 0.481. The molecular weight excluding hydrogens is 219 g/mol. The second-order valence-electron chi connectivity index (χ2n) is 2.98. The molecule has 0 spiro atoms. The third-order valence-electron chi connectivity index (χ3n) is 1.66. The molecule has 0 saturated carbocycles. The first-order valence-electron chi connectivity index (χ1n) is 4.09. The number of aliphatic hydroxyl groups is 2. The van der Waals surface area contributed by atoms with E-state index in [1.165, 1.54) is 0 Å². The average Bonchev–Trinajstić information content (AvgIpc) is 2.50. The van der Waals surface area contributed by atoms with Gasteiger partial charge in [-0.2, -0.15) is 13.2 Å². The predicted molar refractivity (Wildman–Crippen MR) is 43.2 cm³/mol. The summed E-state index contributed by atoms with van der Waals surface area (Å²) < 4.78 is 31.7. The van der Waals surface area contributed by atoms with Crippen LogP contribution in [0.25, 0.3) is 0 Å². The van der Waals surface area contributed by atoms with Crippen LogP contribution < -0.4 is 5.32 Å². The van der Waals surface area contributed by atoms with Gasteiger partial charge in [0.05, 0.1) is 12.7 Å². The van der Waals surface area contributed by atoms with Crippen molar-refractivity contribution in [3.8, 4) is 0 Å². The number of halogens is 3. The molecule has 0 amide bonds. The van der Waals surface area contributed by atoms with Crippen molar-refractivity contribution < 1.29 is 33.3 Å². The Morgan fingerprint density at radius 3 is 2.07 bits per heavy atom. The van der Waals surface area contributed by atoms with Gasteiger partial charge in [0.15, 0.2) is 0 Å². The number of rotatable bonds is 1. The van der Waals surface area contributed by atoms with E-state index in [-0.39, 0.29) is 18.8 Å². The lowest BCUT2D eigenvalue weighted by Crippen LogP contribution is -2.24. The molecule has 2 atom stereocenters. The van der Waals surface area contributed by atoms with E-state index >= 15 is 0 Å². The maximum atomic E-state index is 10.6. The van der Waals surface area contributed by atoms with Gasteiger partial charge in [0.2, 0.25) is 0 Å². The number of alkyl halides is 3. The first-order chi connectivity index (χ1) is 6.77. The summed E-state index contributed by atoms with van der Waals surface area (Å²) in [6.07, 6.45) is -4.64. The number of carboxylic acids is 1. The molecule has 0 aromatic heterocycles. The summed E-state index contributed by atoms with van der Waals surface area (Å²) in [4.78, 5) is 8.90. The highest BCUT2D eigenvalue weighted by molar-refractivity contribution is 5.73. The number of aliphatic carboxylic acids is 1. The Kier molecular flexibility index (Phi) is 5.55. The highest BCUT2D eigenvalue weighted by atomic mass is 19.4. The molecule has 1 fully saturated rings. The normalized spacial score (nSPS) is 25.7. The van der Waals surface area contributed by atoms with Gasteiger partial charge < -0.3 is 20.6 Å². The van der Waals surface area contributed by atoms with Crippen LogP contribution in [0.1, 0.15) is 6.42 Å². The molecule has 0 aromatic carbocycles. The number of aliphatic hydroxyl groups excluding tert-OH is 2. The molecular formula is C7H12F3NO4. The van der Waals surface area contributed by atoms with Gasteiger partial charge >= 0.3 is 12.1 Å². The third-order valence-corrected chi connectivity index (χ3v) is 1.66. The van der Waals surface area contributed by atoms with Crippen molar-refractivity contribution in [2.75, 3.05) is 13.2 Å². The molecule has 8 heteroatoms. The molecule has 1 heterocycles. The summed E-state index contributed by atoms with van der Waals surface area (Å²) in [5.41, 5.74) is 0. The molecule has 0 unspecified atom stereocenters. The average molecular weight is 231 g/mol. The van der Waals surface area contributed by atoms with Crippen molar-refractivity contribution in [2.45, 2.75) is 24.7 Å². The highest BCUT2D eigenvalue weighted by Crippen LogP contribution is 2.13. The number of carboxylic acid groups (broad SMARTS) is 1. The molecule has 0 aliphatic carbocycles. The number of carbonyl (C=O) groups is 1. The summed E-state index contributed by atoms with van der Waals surface area (Å²) in [7, 11) is 0. The van der Waals surface area contributed by atoms with Gasteiger partial charge in [-0.3, -0.25) is 0 Å². The number of hydrogen-bond donors (Lipinski definition) is 4. The van der Waals surface area contributed by atoms with E-state index in [1.807, 2.05) is 0 Å². The number of β-amino-alcohol motifs (C(OH)–C–C–N with tert-alkyl or cyclic N) is 1. The van der Waals surface area contributed by atoms with Crippen LogP contribution in [0.4, 0.5) is 13.2 Å². The van der Waals surface area contributed by atoms with Crippen LogP contribution in [0.3, 0.4) is 0 Å². The molecule has 0 aromatic rings. The smallest absolute Gasteiger partial charge is 0.475 e. The zero-order valence-corrected chi connectivity index (χ0v) is 7.66. The van der Waals surface area contributed by atoms with E-state index in [0.29, 0.717) is 13.0 Å². The van der Waals surface area contributed by atoms with Gasteiger partial charge in [0.25, 0.3) is 0 Å². The van der Waals surface area contributed by atoms with E-state index in [4.69, 9.17) is 20.1 Å². The van der Waals surface area contributed by atoms with E-state index < -0.39 is 12.1 Å². The summed E-state index contributed by atoms with van der Waals surface area (Å²) in [6, 6.07) is 0.130. The van der Waals surface area contributed by atoms with Gasteiger partial charge in [0.1, 0.15) is 0 Å². The SMILES string of the molecule is O=C(O)C(F)(F)F.OC[C@H]1C[C@@H](O)CN1. The maximum Gasteiger partial charge on any atom is 0.490 e. The van der Waals surface area contributed by atoms with Gasteiger partial charge in [-0.15, -0.1) is 0 Å². The zero-order chi connectivity index (χ0) is 12.1. The Morgan fingerprint density at radius 1 is 1.47 bits per heavy atom. The van der Waals surface area contributed by atoms with Crippen LogP contribution in [0.2, 0.25) is 0 Å². The molecule has 90 valence electrons. The first kappa shape index (κ1) is 14.1. The van der Waals surface area contributed by atoms with Crippen molar-refractivity contribution in [1.82, 2.24) is 5.32 Å². The van der Waals surface area contributed by atoms with Crippen LogP contribution in [-0.2, 0) is 4.79 Å². The lowest BCUT2D eigenvalue weighted by atomic mass is 10.2. The molecule has 1 aliphatic rings. The van der Waals surface area contributed by atoms with E-state index in [1.54, 1.807) is 0 Å². The second-order valence-corrected chi connectivity index (χ2v) is 2.98. The van der Waals surface area contributed by atoms with E-state index in [0.717, 1.165) is 0 Å². The summed E-state index contributed by atoms with van der Waals surface area (Å²) in [5, 5.41) is 27.4. The third kappa shape index (κ3) is 6.26. The molecule has 5 nitrogen and oxygen atoms in total. The van der Waals surface area contributed by atoms with E-state index in [2.05, 4.69) is 5.32 Å². The number of hydrogen-bond acceptors (Lipinski definition) is 4. The van der Waals surface area contributed by atoms with Gasteiger partial charge in [-0.05, 0) is 6.42 Å². The first-order valence-corrected chi connectivity index (χ1v) is 4.09. The Balaban J connectivity index is 0.000000265. The molecule has 1 aliphatic heterocycles. The minimum atomic E-state index is -5.08. The van der Waals surface area contributed by atoms with Crippen LogP contribution in [0, 0.1) is 0 Å². The largest absolute Gasteiger partial charge is 0.490 e. The monoisotopic (exact) mass is 231 g/mol. The summed E-state index contributed by atoms with van der Waals surface area (Å²) >= 11 is 0. The molecule has 1 rings (SSSR count). The van der Waals surface area contributed by atoms with Gasteiger partial charge in [0, 0.05) is 12.6 Å². The minimum absolute atomic E-state index is 0.130. The Morgan fingerprint density at radius 2 is 1.93 bits per heavy atom. The molecule has 15 heavy (non-hydrogen) atoms. The minimum Gasteiger partial charge on any atom is -0.475 e. The predicted octanol–water partition coefficient (Wildman–Crippen LogP) is -0.665.